The molecular weight excluding hydrogens is 294 g/mol. The lowest BCUT2D eigenvalue weighted by Gasteiger charge is -2.16. The lowest BCUT2D eigenvalue weighted by molar-refractivity contribution is -0.140. The van der Waals surface area contributed by atoms with Gasteiger partial charge in [0.2, 0.25) is 0 Å². The average molecular weight is 314 g/mol. The first-order chi connectivity index (χ1) is 8.40. The topological polar surface area (TPSA) is 49.3 Å². The Kier molecular flexibility index (Phi) is 5.82. The fourth-order valence-electron chi connectivity index (χ4n) is 1.73. The molecule has 0 aromatic heterocycles. The van der Waals surface area contributed by atoms with Crippen LogP contribution in [0.2, 0.25) is 0 Å². The summed E-state index contributed by atoms with van der Waals surface area (Å²) in [4.78, 5) is 11.1. The number of aliphatic carboxylic acids is 1. The number of carboxylic acids is 1. The second-order valence-electron chi connectivity index (χ2n) is 4.98. The van der Waals surface area contributed by atoms with Gasteiger partial charge in [0, 0.05) is 11.0 Å². The monoisotopic (exact) mass is 313 g/mol. The van der Waals surface area contributed by atoms with Gasteiger partial charge in [-0.25, -0.2) is 0 Å². The van der Waals surface area contributed by atoms with Crippen molar-refractivity contribution < 1.29 is 9.90 Å². The number of nitrogens with one attached hydrogen (secondary N) is 1. The maximum atomic E-state index is 11.1. The average Bonchev–Trinajstić information content (AvgIpc) is 2.28. The molecule has 4 heteroatoms. The Hall–Kier alpha value is -0.870. The zero-order valence-electron chi connectivity index (χ0n) is 11.0. The minimum absolute atomic E-state index is 0.364. The summed E-state index contributed by atoms with van der Waals surface area (Å²) in [6.07, 6.45) is 0.641. The van der Waals surface area contributed by atoms with Gasteiger partial charge in [-0.15, -0.1) is 0 Å². The highest BCUT2D eigenvalue weighted by atomic mass is 79.9. The van der Waals surface area contributed by atoms with E-state index in [0.29, 0.717) is 18.9 Å². The van der Waals surface area contributed by atoms with Crippen molar-refractivity contribution in [1.29, 1.82) is 0 Å². The van der Waals surface area contributed by atoms with E-state index in [1.165, 1.54) is 5.56 Å². The molecule has 0 aliphatic carbocycles. The highest BCUT2D eigenvalue weighted by Gasteiger charge is 2.17. The van der Waals surface area contributed by atoms with Gasteiger partial charge in [-0.1, -0.05) is 41.9 Å². The molecule has 1 rings (SSSR count). The minimum atomic E-state index is -0.783. The highest BCUT2D eigenvalue weighted by molar-refractivity contribution is 9.10. The minimum Gasteiger partial charge on any atom is -0.480 e. The van der Waals surface area contributed by atoms with Crippen molar-refractivity contribution in [2.45, 2.75) is 39.8 Å². The lowest BCUT2D eigenvalue weighted by atomic mass is 10.0. The van der Waals surface area contributed by atoms with Gasteiger partial charge in [-0.05, 0) is 36.5 Å². The smallest absolute Gasteiger partial charge is 0.320 e. The van der Waals surface area contributed by atoms with Crippen molar-refractivity contribution in [3.63, 3.8) is 0 Å². The Balaban J connectivity index is 2.61. The number of carbonyl (C=O) groups is 1. The van der Waals surface area contributed by atoms with Crippen LogP contribution in [0, 0.1) is 12.8 Å². The van der Waals surface area contributed by atoms with E-state index in [2.05, 4.69) is 21.2 Å². The van der Waals surface area contributed by atoms with Crippen LogP contribution in [0.4, 0.5) is 0 Å². The summed E-state index contributed by atoms with van der Waals surface area (Å²) in [5, 5.41) is 12.2. The number of hydrogen-bond acceptors (Lipinski definition) is 2. The van der Waals surface area contributed by atoms with E-state index in [4.69, 9.17) is 5.11 Å². The van der Waals surface area contributed by atoms with Crippen LogP contribution in [0.25, 0.3) is 0 Å². The van der Waals surface area contributed by atoms with Crippen LogP contribution < -0.4 is 5.32 Å². The number of aryl methyl sites for hydroxylation is 1. The molecule has 0 radical (unpaired) electrons. The summed E-state index contributed by atoms with van der Waals surface area (Å²) in [5.74, 6) is -0.418. The Bertz CT molecular complexity index is 418. The molecule has 0 spiro atoms. The van der Waals surface area contributed by atoms with Gasteiger partial charge in [0.25, 0.3) is 0 Å². The van der Waals surface area contributed by atoms with E-state index < -0.39 is 12.0 Å². The summed E-state index contributed by atoms with van der Waals surface area (Å²) in [6.45, 7) is 6.66. The first-order valence-electron chi connectivity index (χ1n) is 6.11. The maximum absolute atomic E-state index is 11.1. The molecule has 0 unspecified atom stereocenters. The third-order valence-electron chi connectivity index (χ3n) is 2.79. The molecule has 18 heavy (non-hydrogen) atoms. The Morgan fingerprint density at radius 3 is 2.61 bits per heavy atom. The molecule has 0 aliphatic rings. The maximum Gasteiger partial charge on any atom is 0.320 e. The first kappa shape index (κ1) is 15.2. The number of halogens is 1. The molecule has 1 atom stereocenters. The Morgan fingerprint density at radius 2 is 2.11 bits per heavy atom. The van der Waals surface area contributed by atoms with Crippen molar-refractivity contribution >= 4 is 21.9 Å². The van der Waals surface area contributed by atoms with Crippen LogP contribution in [0.1, 0.15) is 31.4 Å². The van der Waals surface area contributed by atoms with E-state index in [-0.39, 0.29) is 0 Å². The summed E-state index contributed by atoms with van der Waals surface area (Å²) < 4.78 is 1.05. The predicted octanol–water partition coefficient (Wildman–Crippen LogP) is 3.35. The zero-order valence-corrected chi connectivity index (χ0v) is 12.6. The fraction of sp³-hybridized carbons (Fsp3) is 0.500. The van der Waals surface area contributed by atoms with Crippen LogP contribution in [0.15, 0.2) is 22.7 Å². The summed E-state index contributed by atoms with van der Waals surface area (Å²) in [5.41, 5.74) is 2.26. The molecule has 2 N–H and O–H groups in total. The Labute approximate surface area is 117 Å². The van der Waals surface area contributed by atoms with E-state index in [0.717, 1.165) is 10.0 Å². The molecule has 0 saturated heterocycles. The number of hydrogen-bond donors (Lipinski definition) is 2. The predicted molar refractivity (Wildman–Crippen MR) is 76.6 cm³/mol. The normalized spacial score (nSPS) is 12.7. The van der Waals surface area contributed by atoms with Crippen LogP contribution in [-0.4, -0.2) is 17.1 Å². The molecule has 0 fully saturated rings. The molecule has 1 aromatic rings. The third kappa shape index (κ3) is 4.78. The second-order valence-corrected chi connectivity index (χ2v) is 5.84. The van der Waals surface area contributed by atoms with E-state index in [9.17, 15) is 4.79 Å². The van der Waals surface area contributed by atoms with E-state index in [1.54, 1.807) is 0 Å². The zero-order chi connectivity index (χ0) is 13.7. The largest absolute Gasteiger partial charge is 0.480 e. The van der Waals surface area contributed by atoms with E-state index in [1.807, 2.05) is 39.0 Å². The SMILES string of the molecule is Cc1ccc(CN[C@H](CC(C)C)C(=O)O)cc1Br. The van der Waals surface area contributed by atoms with Crippen LogP contribution in [-0.2, 0) is 11.3 Å². The van der Waals surface area contributed by atoms with E-state index >= 15 is 0 Å². The molecule has 0 heterocycles. The van der Waals surface area contributed by atoms with Gasteiger partial charge < -0.3 is 10.4 Å². The van der Waals surface area contributed by atoms with Gasteiger partial charge in [0.1, 0.15) is 6.04 Å². The van der Waals surface area contributed by atoms with Gasteiger partial charge >= 0.3 is 5.97 Å². The molecule has 0 aliphatic heterocycles. The second kappa shape index (κ2) is 6.90. The number of rotatable bonds is 6. The number of carboxylic acid groups (broad SMARTS) is 1. The van der Waals surface area contributed by atoms with Gasteiger partial charge in [-0.2, -0.15) is 0 Å². The lowest BCUT2D eigenvalue weighted by Crippen LogP contribution is -2.37. The summed E-state index contributed by atoms with van der Waals surface area (Å²) in [7, 11) is 0. The van der Waals surface area contributed by atoms with Crippen LogP contribution in [0.5, 0.6) is 0 Å². The molecule has 0 bridgehead atoms. The van der Waals surface area contributed by atoms with Crippen molar-refractivity contribution in [1.82, 2.24) is 5.32 Å². The molecular formula is C14H20BrNO2. The van der Waals surface area contributed by atoms with Gasteiger partial charge in [-0.3, -0.25) is 4.79 Å². The fourth-order valence-corrected chi connectivity index (χ4v) is 2.16. The quantitative estimate of drug-likeness (QED) is 0.846. The highest BCUT2D eigenvalue weighted by Crippen LogP contribution is 2.17. The summed E-state index contributed by atoms with van der Waals surface area (Å²) >= 11 is 3.48. The van der Waals surface area contributed by atoms with Gasteiger partial charge in [0.15, 0.2) is 0 Å². The van der Waals surface area contributed by atoms with Crippen molar-refractivity contribution in [2.24, 2.45) is 5.92 Å². The van der Waals surface area contributed by atoms with Crippen molar-refractivity contribution in [3.8, 4) is 0 Å². The first-order valence-corrected chi connectivity index (χ1v) is 6.90. The molecule has 0 saturated carbocycles. The van der Waals surface area contributed by atoms with Crippen LogP contribution >= 0.6 is 15.9 Å². The Morgan fingerprint density at radius 1 is 1.44 bits per heavy atom. The summed E-state index contributed by atoms with van der Waals surface area (Å²) in [6, 6.07) is 5.59. The number of benzene rings is 1. The molecule has 100 valence electrons. The molecule has 3 nitrogen and oxygen atoms in total. The third-order valence-corrected chi connectivity index (χ3v) is 3.65. The molecule has 1 aromatic carbocycles. The van der Waals surface area contributed by atoms with Crippen LogP contribution in [0.3, 0.4) is 0 Å². The van der Waals surface area contributed by atoms with Crippen molar-refractivity contribution in [2.75, 3.05) is 0 Å². The van der Waals surface area contributed by atoms with Crippen molar-refractivity contribution in [3.05, 3.63) is 33.8 Å². The molecule has 0 amide bonds. The standard InChI is InChI=1S/C14H20BrNO2/c1-9(2)6-13(14(17)18)16-8-11-5-4-10(3)12(15)7-11/h4-5,7,9,13,16H,6,8H2,1-3H3,(H,17,18)/t13-/m1/s1. The van der Waals surface area contributed by atoms with Gasteiger partial charge in [0.05, 0.1) is 0 Å².